The highest BCUT2D eigenvalue weighted by Crippen LogP contribution is 2.28. The monoisotopic (exact) mass is 421 g/mol. The topological polar surface area (TPSA) is 105 Å². The Morgan fingerprint density at radius 1 is 1.16 bits per heavy atom. The van der Waals surface area contributed by atoms with Crippen molar-refractivity contribution in [1.29, 1.82) is 0 Å². The molecular formula is C21H27N9O. The first-order valence-corrected chi connectivity index (χ1v) is 10.9. The lowest BCUT2D eigenvalue weighted by atomic mass is 10.1. The van der Waals surface area contributed by atoms with Gasteiger partial charge in [-0.1, -0.05) is 0 Å². The number of nitrogens with one attached hydrogen (secondary N) is 1. The van der Waals surface area contributed by atoms with Gasteiger partial charge in [-0.05, 0) is 33.6 Å². The summed E-state index contributed by atoms with van der Waals surface area (Å²) in [7, 11) is 0. The van der Waals surface area contributed by atoms with Crippen LogP contribution in [-0.4, -0.2) is 77.0 Å². The van der Waals surface area contributed by atoms with Gasteiger partial charge in [-0.3, -0.25) is 0 Å². The van der Waals surface area contributed by atoms with Crippen molar-refractivity contribution in [2.45, 2.75) is 52.2 Å². The lowest BCUT2D eigenvalue weighted by Gasteiger charge is -2.40. The second-order valence-corrected chi connectivity index (χ2v) is 8.28. The highest BCUT2D eigenvalue weighted by molar-refractivity contribution is 5.86. The second-order valence-electron chi connectivity index (χ2n) is 8.28. The third kappa shape index (κ3) is 3.45. The first-order chi connectivity index (χ1) is 15.0. The largest absolute Gasteiger partial charge is 0.364 e. The van der Waals surface area contributed by atoms with E-state index in [-0.39, 0.29) is 12.1 Å². The summed E-state index contributed by atoms with van der Waals surface area (Å²) in [5, 5.41) is 3.51. The van der Waals surface area contributed by atoms with Crippen LogP contribution in [0, 0.1) is 6.92 Å². The molecule has 2 atom stereocenters. The molecule has 0 aliphatic carbocycles. The minimum atomic E-state index is 0.136. The van der Waals surface area contributed by atoms with Crippen molar-refractivity contribution in [2.24, 2.45) is 0 Å². The molecule has 162 valence electrons. The van der Waals surface area contributed by atoms with Gasteiger partial charge in [0, 0.05) is 50.7 Å². The van der Waals surface area contributed by atoms with Gasteiger partial charge in [0.05, 0.1) is 5.56 Å². The standard InChI is InChI=1S/C21H27N9O/c1-4-29-19(15-9-22-14(3)23-10-15)27-17-18(24-12-25-20(17)29)26-16-6-7-28(11-16)21(31)30-8-5-13(30)2/h9-10,12-13,16H,4-8,11H2,1-3H3,(H,24,25,26). The van der Waals surface area contributed by atoms with Crippen molar-refractivity contribution in [3.8, 4) is 11.4 Å². The molecule has 0 bridgehead atoms. The van der Waals surface area contributed by atoms with E-state index < -0.39 is 0 Å². The number of hydrogen-bond donors (Lipinski definition) is 1. The van der Waals surface area contributed by atoms with Crippen molar-refractivity contribution in [1.82, 2.24) is 39.3 Å². The Labute approximate surface area is 180 Å². The number of anilines is 1. The number of imidazole rings is 1. The predicted octanol–water partition coefficient (Wildman–Crippen LogP) is 2.31. The average Bonchev–Trinajstić information content (AvgIpc) is 3.38. The molecule has 5 heterocycles. The van der Waals surface area contributed by atoms with Gasteiger partial charge < -0.3 is 19.7 Å². The molecule has 3 aromatic rings. The van der Waals surface area contributed by atoms with Gasteiger partial charge in [-0.15, -0.1) is 0 Å². The third-order valence-corrected chi connectivity index (χ3v) is 6.25. The lowest BCUT2D eigenvalue weighted by molar-refractivity contribution is 0.0982. The molecule has 3 aromatic heterocycles. The van der Waals surface area contributed by atoms with Gasteiger partial charge in [0.2, 0.25) is 0 Å². The Balaban J connectivity index is 1.39. The minimum absolute atomic E-state index is 0.136. The van der Waals surface area contributed by atoms with Gasteiger partial charge in [0.1, 0.15) is 18.0 Å². The van der Waals surface area contributed by atoms with E-state index in [1.807, 2.05) is 21.3 Å². The molecular weight excluding hydrogens is 394 g/mol. The van der Waals surface area contributed by atoms with E-state index in [9.17, 15) is 4.79 Å². The summed E-state index contributed by atoms with van der Waals surface area (Å²) in [6.45, 7) is 9.02. The van der Waals surface area contributed by atoms with Crippen LogP contribution in [0.1, 0.15) is 32.5 Å². The number of carbonyl (C=O) groups is 1. The number of likely N-dealkylation sites (tertiary alicyclic amines) is 2. The van der Waals surface area contributed by atoms with Gasteiger partial charge in [-0.2, -0.15) is 0 Å². The summed E-state index contributed by atoms with van der Waals surface area (Å²) >= 11 is 0. The van der Waals surface area contributed by atoms with Gasteiger partial charge in [0.15, 0.2) is 17.0 Å². The SMILES string of the molecule is CCn1c(-c2cnc(C)nc2)nc2c(NC3CCN(C(=O)N4CCC4C)C3)ncnc21. The average molecular weight is 422 g/mol. The van der Waals surface area contributed by atoms with Crippen molar-refractivity contribution in [3.63, 3.8) is 0 Å². The Morgan fingerprint density at radius 2 is 1.97 bits per heavy atom. The van der Waals surface area contributed by atoms with Crippen LogP contribution in [0.3, 0.4) is 0 Å². The Kier molecular flexibility index (Phi) is 4.91. The van der Waals surface area contributed by atoms with Crippen molar-refractivity contribution >= 4 is 23.0 Å². The molecule has 31 heavy (non-hydrogen) atoms. The van der Waals surface area contributed by atoms with Gasteiger partial charge >= 0.3 is 6.03 Å². The molecule has 2 unspecified atom stereocenters. The third-order valence-electron chi connectivity index (χ3n) is 6.25. The zero-order valence-electron chi connectivity index (χ0n) is 18.1. The number of nitrogens with zero attached hydrogens (tertiary/aromatic N) is 8. The molecule has 0 aromatic carbocycles. The van der Waals surface area contributed by atoms with Crippen LogP contribution < -0.4 is 5.32 Å². The summed E-state index contributed by atoms with van der Waals surface area (Å²) in [6.07, 6.45) is 7.11. The maximum Gasteiger partial charge on any atom is 0.320 e. The maximum atomic E-state index is 12.7. The van der Waals surface area contributed by atoms with Crippen LogP contribution in [0.2, 0.25) is 0 Å². The van der Waals surface area contributed by atoms with Crippen LogP contribution in [0.4, 0.5) is 10.6 Å². The minimum Gasteiger partial charge on any atom is -0.364 e. The summed E-state index contributed by atoms with van der Waals surface area (Å²) < 4.78 is 2.05. The summed E-state index contributed by atoms with van der Waals surface area (Å²) in [6, 6.07) is 0.632. The molecule has 0 saturated carbocycles. The first-order valence-electron chi connectivity index (χ1n) is 10.9. The first kappa shape index (κ1) is 19.7. The van der Waals surface area contributed by atoms with E-state index in [0.29, 0.717) is 18.4 Å². The van der Waals surface area contributed by atoms with E-state index >= 15 is 0 Å². The number of fused-ring (bicyclic) bond motifs is 1. The van der Waals surface area contributed by atoms with E-state index in [0.717, 1.165) is 60.9 Å². The molecule has 0 spiro atoms. The smallest absolute Gasteiger partial charge is 0.320 e. The van der Waals surface area contributed by atoms with E-state index in [4.69, 9.17) is 4.98 Å². The van der Waals surface area contributed by atoms with Crippen LogP contribution in [0.25, 0.3) is 22.6 Å². The van der Waals surface area contributed by atoms with Crippen molar-refractivity contribution in [2.75, 3.05) is 25.0 Å². The maximum absolute atomic E-state index is 12.7. The number of rotatable bonds is 4. The van der Waals surface area contributed by atoms with E-state index in [2.05, 4.69) is 39.1 Å². The summed E-state index contributed by atoms with van der Waals surface area (Å²) in [4.78, 5) is 39.0. The second kappa shape index (κ2) is 7.75. The molecule has 2 fully saturated rings. The fourth-order valence-corrected chi connectivity index (χ4v) is 4.30. The predicted molar refractivity (Wildman–Crippen MR) is 117 cm³/mol. The van der Waals surface area contributed by atoms with E-state index in [1.54, 1.807) is 18.7 Å². The summed E-state index contributed by atoms with van der Waals surface area (Å²) in [5.41, 5.74) is 2.34. The fraction of sp³-hybridized carbons (Fsp3) is 0.524. The summed E-state index contributed by atoms with van der Waals surface area (Å²) in [5.74, 6) is 2.19. The molecule has 2 aliphatic rings. The van der Waals surface area contributed by atoms with Crippen molar-refractivity contribution < 1.29 is 4.79 Å². The Hall–Kier alpha value is -3.30. The molecule has 2 amide bonds. The number of urea groups is 1. The Bertz CT molecular complexity index is 1110. The van der Waals surface area contributed by atoms with Crippen LogP contribution in [-0.2, 0) is 6.54 Å². The molecule has 2 aliphatic heterocycles. The number of aryl methyl sites for hydroxylation is 2. The number of aromatic nitrogens is 6. The molecule has 2 saturated heterocycles. The van der Waals surface area contributed by atoms with Crippen LogP contribution >= 0.6 is 0 Å². The highest BCUT2D eigenvalue weighted by atomic mass is 16.2. The quantitative estimate of drug-likeness (QED) is 0.689. The zero-order valence-corrected chi connectivity index (χ0v) is 18.1. The zero-order chi connectivity index (χ0) is 21.5. The van der Waals surface area contributed by atoms with Crippen LogP contribution in [0.5, 0.6) is 0 Å². The number of carbonyl (C=O) groups excluding carboxylic acids is 1. The molecule has 5 rings (SSSR count). The molecule has 10 heteroatoms. The number of hydrogen-bond acceptors (Lipinski definition) is 7. The lowest BCUT2D eigenvalue weighted by Crippen LogP contribution is -2.54. The Morgan fingerprint density at radius 3 is 2.65 bits per heavy atom. The highest BCUT2D eigenvalue weighted by Gasteiger charge is 2.35. The molecule has 10 nitrogen and oxygen atoms in total. The fourth-order valence-electron chi connectivity index (χ4n) is 4.30. The number of amides is 2. The van der Waals surface area contributed by atoms with Crippen molar-refractivity contribution in [3.05, 3.63) is 24.5 Å². The normalized spacial score (nSPS) is 20.9. The van der Waals surface area contributed by atoms with Gasteiger partial charge in [-0.25, -0.2) is 29.7 Å². The van der Waals surface area contributed by atoms with Crippen LogP contribution in [0.15, 0.2) is 18.7 Å². The van der Waals surface area contributed by atoms with E-state index in [1.165, 1.54) is 0 Å². The van der Waals surface area contributed by atoms with Gasteiger partial charge in [0.25, 0.3) is 0 Å². The molecule has 1 N–H and O–H groups in total. The molecule has 0 radical (unpaired) electrons.